The van der Waals surface area contributed by atoms with Gasteiger partial charge >= 0.3 is 0 Å². The van der Waals surface area contributed by atoms with Crippen LogP contribution in [0.3, 0.4) is 0 Å². The van der Waals surface area contributed by atoms with Crippen molar-refractivity contribution in [3.05, 3.63) is 67.7 Å². The van der Waals surface area contributed by atoms with Crippen LogP contribution in [0.25, 0.3) is 10.8 Å². The molecule has 0 spiro atoms. The first-order valence-electron chi connectivity index (χ1n) is 8.60. The maximum Gasteiger partial charge on any atom is 0.261 e. The summed E-state index contributed by atoms with van der Waals surface area (Å²) >= 11 is 11.2. The average Bonchev–Trinajstić information content (AvgIpc) is 2.69. The minimum absolute atomic E-state index is 0.243. The SMILES string of the molecule is CCc1cc(I)ccc1NC(=S)NC(=O)c1cc2ccccc2c(Br)c1OC. The minimum Gasteiger partial charge on any atom is -0.495 e. The lowest BCUT2D eigenvalue weighted by Gasteiger charge is -2.16. The molecule has 3 aromatic rings. The fourth-order valence-corrected chi connectivity index (χ4v) is 4.45. The monoisotopic (exact) mass is 568 g/mol. The second-order valence-corrected chi connectivity index (χ2v) is 8.50. The van der Waals surface area contributed by atoms with Gasteiger partial charge in [0.25, 0.3) is 5.91 Å². The molecule has 0 aliphatic carbocycles. The molecule has 0 fully saturated rings. The molecular weight excluding hydrogens is 551 g/mol. The number of rotatable bonds is 4. The first-order chi connectivity index (χ1) is 13.4. The Bertz CT molecular complexity index is 1070. The number of ether oxygens (including phenoxy) is 1. The topological polar surface area (TPSA) is 50.4 Å². The zero-order chi connectivity index (χ0) is 20.3. The van der Waals surface area contributed by atoms with Crippen LogP contribution in [-0.2, 0) is 6.42 Å². The second-order valence-electron chi connectivity index (χ2n) is 6.06. The van der Waals surface area contributed by atoms with E-state index in [2.05, 4.69) is 62.1 Å². The van der Waals surface area contributed by atoms with Gasteiger partial charge in [0, 0.05) is 9.26 Å². The van der Waals surface area contributed by atoms with E-state index in [4.69, 9.17) is 17.0 Å². The number of halogens is 2. The molecule has 144 valence electrons. The Morgan fingerprint density at radius 2 is 1.96 bits per heavy atom. The maximum absolute atomic E-state index is 12.9. The number of anilines is 1. The number of aryl methyl sites for hydroxylation is 1. The van der Waals surface area contributed by atoms with Crippen molar-refractivity contribution in [2.45, 2.75) is 13.3 Å². The van der Waals surface area contributed by atoms with Crippen LogP contribution in [0.5, 0.6) is 5.75 Å². The number of thiocarbonyl (C=S) groups is 1. The number of methoxy groups -OCH3 is 1. The predicted molar refractivity (Wildman–Crippen MR) is 130 cm³/mol. The number of nitrogens with one attached hydrogen (secondary N) is 2. The fraction of sp³-hybridized carbons (Fsp3) is 0.143. The Balaban J connectivity index is 1.86. The lowest BCUT2D eigenvalue weighted by Crippen LogP contribution is -2.34. The van der Waals surface area contributed by atoms with Crippen molar-refractivity contribution in [1.82, 2.24) is 5.32 Å². The summed E-state index contributed by atoms with van der Waals surface area (Å²) in [5.74, 6) is 0.145. The van der Waals surface area contributed by atoms with Crippen molar-refractivity contribution in [3.8, 4) is 5.75 Å². The van der Waals surface area contributed by atoms with Gasteiger partial charge in [-0.3, -0.25) is 10.1 Å². The number of benzene rings is 3. The van der Waals surface area contributed by atoms with Gasteiger partial charge in [-0.05, 0) is 97.8 Å². The molecule has 0 aliphatic rings. The number of amides is 1. The summed E-state index contributed by atoms with van der Waals surface area (Å²) in [6, 6.07) is 15.7. The molecule has 0 saturated carbocycles. The van der Waals surface area contributed by atoms with E-state index in [9.17, 15) is 4.79 Å². The first kappa shape index (κ1) is 21.0. The van der Waals surface area contributed by atoms with Gasteiger partial charge in [0.15, 0.2) is 5.11 Å². The smallest absolute Gasteiger partial charge is 0.261 e. The van der Waals surface area contributed by atoms with E-state index in [0.29, 0.717) is 11.3 Å². The van der Waals surface area contributed by atoms with Gasteiger partial charge in [-0.15, -0.1) is 0 Å². The van der Waals surface area contributed by atoms with Crippen LogP contribution in [0.4, 0.5) is 5.69 Å². The van der Waals surface area contributed by atoms with Gasteiger partial charge in [-0.25, -0.2) is 0 Å². The van der Waals surface area contributed by atoms with Crippen molar-refractivity contribution < 1.29 is 9.53 Å². The van der Waals surface area contributed by atoms with Crippen molar-refractivity contribution in [1.29, 1.82) is 0 Å². The molecule has 0 aliphatic heterocycles. The molecule has 0 radical (unpaired) electrons. The van der Waals surface area contributed by atoms with Crippen LogP contribution in [0.2, 0.25) is 0 Å². The standard InChI is InChI=1S/C21H18BrIN2O2S/c1-3-12-10-14(23)8-9-17(12)24-21(28)25-20(26)16-11-13-6-4-5-7-15(13)18(22)19(16)27-2/h4-11H,3H2,1-2H3,(H2,24,25,26,28). The highest BCUT2D eigenvalue weighted by molar-refractivity contribution is 14.1. The summed E-state index contributed by atoms with van der Waals surface area (Å²) < 4.78 is 7.38. The molecule has 0 aromatic heterocycles. The van der Waals surface area contributed by atoms with E-state index in [-0.39, 0.29) is 11.0 Å². The van der Waals surface area contributed by atoms with E-state index in [1.54, 1.807) is 13.2 Å². The van der Waals surface area contributed by atoms with Gasteiger partial charge < -0.3 is 10.1 Å². The molecule has 7 heteroatoms. The summed E-state index contributed by atoms with van der Waals surface area (Å²) in [6.45, 7) is 2.08. The van der Waals surface area contributed by atoms with Crippen LogP contribution in [0, 0.1) is 3.57 Å². The average molecular weight is 569 g/mol. The van der Waals surface area contributed by atoms with E-state index in [1.165, 1.54) is 0 Å². The molecule has 4 nitrogen and oxygen atoms in total. The van der Waals surface area contributed by atoms with Crippen molar-refractivity contribution >= 4 is 78.2 Å². The van der Waals surface area contributed by atoms with E-state index in [0.717, 1.165) is 36.5 Å². The van der Waals surface area contributed by atoms with Crippen molar-refractivity contribution in [2.24, 2.45) is 0 Å². The molecule has 0 atom stereocenters. The Morgan fingerprint density at radius 3 is 2.68 bits per heavy atom. The molecule has 3 rings (SSSR count). The van der Waals surface area contributed by atoms with Gasteiger partial charge in [0.2, 0.25) is 0 Å². The molecule has 0 bridgehead atoms. The first-order valence-corrected chi connectivity index (χ1v) is 10.9. The second kappa shape index (κ2) is 9.19. The van der Waals surface area contributed by atoms with Crippen molar-refractivity contribution in [2.75, 3.05) is 12.4 Å². The third-order valence-corrected chi connectivity index (χ3v) is 5.98. The Morgan fingerprint density at radius 1 is 1.21 bits per heavy atom. The molecular formula is C21H18BrIN2O2S. The lowest BCUT2D eigenvalue weighted by atomic mass is 10.1. The molecule has 2 N–H and O–H groups in total. The molecule has 0 saturated heterocycles. The molecule has 1 amide bonds. The Kier molecular flexibility index (Phi) is 6.90. The highest BCUT2D eigenvalue weighted by atomic mass is 127. The van der Waals surface area contributed by atoms with Crippen molar-refractivity contribution in [3.63, 3.8) is 0 Å². The summed E-state index contributed by atoms with van der Waals surface area (Å²) in [6.07, 6.45) is 0.862. The van der Waals surface area contributed by atoms with Gasteiger partial charge in [0.1, 0.15) is 5.75 Å². The number of carbonyl (C=O) groups is 1. The summed E-state index contributed by atoms with van der Waals surface area (Å²) in [5.41, 5.74) is 2.44. The number of carbonyl (C=O) groups excluding carboxylic acids is 1. The quantitative estimate of drug-likeness (QED) is 0.304. The van der Waals surface area contributed by atoms with E-state index in [1.807, 2.05) is 36.4 Å². The maximum atomic E-state index is 12.9. The summed E-state index contributed by atoms with van der Waals surface area (Å²) in [4.78, 5) is 12.9. The summed E-state index contributed by atoms with van der Waals surface area (Å²) in [7, 11) is 1.54. The van der Waals surface area contributed by atoms with Gasteiger partial charge in [0.05, 0.1) is 17.1 Å². The van der Waals surface area contributed by atoms with E-state index < -0.39 is 0 Å². The molecule has 28 heavy (non-hydrogen) atoms. The van der Waals surface area contributed by atoms with Crippen LogP contribution in [0.1, 0.15) is 22.8 Å². The van der Waals surface area contributed by atoms with E-state index >= 15 is 0 Å². The molecule has 0 unspecified atom stereocenters. The summed E-state index contributed by atoms with van der Waals surface area (Å²) in [5, 5.41) is 8.03. The van der Waals surface area contributed by atoms with Gasteiger partial charge in [-0.1, -0.05) is 31.2 Å². The zero-order valence-corrected chi connectivity index (χ0v) is 19.9. The minimum atomic E-state index is -0.329. The largest absolute Gasteiger partial charge is 0.495 e. The highest BCUT2D eigenvalue weighted by Crippen LogP contribution is 2.36. The van der Waals surface area contributed by atoms with Crippen LogP contribution in [0.15, 0.2) is 53.0 Å². The van der Waals surface area contributed by atoms with Gasteiger partial charge in [-0.2, -0.15) is 0 Å². The normalized spacial score (nSPS) is 10.6. The third-order valence-electron chi connectivity index (χ3n) is 4.31. The van der Waals surface area contributed by atoms with Crippen LogP contribution in [-0.4, -0.2) is 18.1 Å². The fourth-order valence-electron chi connectivity index (χ4n) is 2.95. The van der Waals surface area contributed by atoms with Crippen LogP contribution < -0.4 is 15.4 Å². The number of fused-ring (bicyclic) bond motifs is 1. The van der Waals surface area contributed by atoms with Crippen LogP contribution >= 0.6 is 50.7 Å². The highest BCUT2D eigenvalue weighted by Gasteiger charge is 2.19. The molecule has 0 heterocycles. The number of hydrogen-bond acceptors (Lipinski definition) is 3. The Labute approximate surface area is 191 Å². The zero-order valence-electron chi connectivity index (χ0n) is 15.3. The lowest BCUT2D eigenvalue weighted by molar-refractivity contribution is 0.0975. The third kappa shape index (κ3) is 4.47. The molecule has 3 aromatic carbocycles. The predicted octanol–water partition coefficient (Wildman–Crippen LogP) is 5.90. The number of hydrogen-bond donors (Lipinski definition) is 2. The Hall–Kier alpha value is -1.71.